The summed E-state index contributed by atoms with van der Waals surface area (Å²) in [5.41, 5.74) is 0. The summed E-state index contributed by atoms with van der Waals surface area (Å²) in [6, 6.07) is 0.244. The van der Waals surface area contributed by atoms with Gasteiger partial charge in [0.25, 0.3) is 0 Å². The number of unbranched alkanes of at least 4 members (excludes halogenated alkanes) is 2. The average molecular weight is 442 g/mol. The molecule has 7 nitrogen and oxygen atoms in total. The number of nitrogens with zero attached hydrogens (tertiary/aromatic N) is 1. The van der Waals surface area contributed by atoms with Crippen LogP contribution >= 0.6 is 11.8 Å². The van der Waals surface area contributed by atoms with Crippen LogP contribution in [0.15, 0.2) is 0 Å². The summed E-state index contributed by atoms with van der Waals surface area (Å²) in [5.74, 6) is 0.729. The molecule has 2 N–H and O–H groups in total. The number of rotatable bonds is 15. The van der Waals surface area contributed by atoms with E-state index in [4.69, 9.17) is 0 Å². The van der Waals surface area contributed by atoms with Gasteiger partial charge < -0.3 is 10.6 Å². The van der Waals surface area contributed by atoms with Gasteiger partial charge in [0.15, 0.2) is 0 Å². The maximum absolute atomic E-state index is 12.5. The van der Waals surface area contributed by atoms with Gasteiger partial charge in [0, 0.05) is 44.1 Å². The van der Waals surface area contributed by atoms with Crippen molar-refractivity contribution in [2.45, 2.75) is 90.4 Å². The summed E-state index contributed by atoms with van der Waals surface area (Å²) in [6.45, 7) is 9.26. The van der Waals surface area contributed by atoms with E-state index in [0.29, 0.717) is 44.0 Å². The smallest absolute Gasteiger partial charge is 0.242 e. The molecule has 172 valence electrons. The standard InChI is InChI=1S/C22H39N3O4S/c1-5-17(6-2)24-20(27)10-8-7-9-12-25-21(28)14-18(22(25)29)30-13-11-19(26)23-15-16(3)4/h16-18H,5-15H2,1-4H3,(H,23,26)(H,24,27). The van der Waals surface area contributed by atoms with E-state index in [-0.39, 0.29) is 41.3 Å². The van der Waals surface area contributed by atoms with Crippen molar-refractivity contribution >= 4 is 35.4 Å². The van der Waals surface area contributed by atoms with Gasteiger partial charge in [0.05, 0.1) is 5.25 Å². The van der Waals surface area contributed by atoms with Gasteiger partial charge in [-0.2, -0.15) is 0 Å². The van der Waals surface area contributed by atoms with Crippen LogP contribution < -0.4 is 10.6 Å². The van der Waals surface area contributed by atoms with Gasteiger partial charge in [0.2, 0.25) is 23.6 Å². The van der Waals surface area contributed by atoms with E-state index in [1.807, 2.05) is 13.8 Å². The Morgan fingerprint density at radius 1 is 1.07 bits per heavy atom. The lowest BCUT2D eigenvalue weighted by Crippen LogP contribution is -2.33. The SMILES string of the molecule is CCC(CC)NC(=O)CCCCCN1C(=O)CC(SCCC(=O)NCC(C)C)C1=O. The van der Waals surface area contributed by atoms with Crippen molar-refractivity contribution in [1.29, 1.82) is 0 Å². The highest BCUT2D eigenvalue weighted by Crippen LogP contribution is 2.26. The molecule has 1 fully saturated rings. The van der Waals surface area contributed by atoms with Gasteiger partial charge in [-0.05, 0) is 31.6 Å². The summed E-state index contributed by atoms with van der Waals surface area (Å²) in [7, 11) is 0. The van der Waals surface area contributed by atoms with E-state index in [0.717, 1.165) is 25.7 Å². The molecule has 1 atom stereocenters. The molecule has 8 heteroatoms. The molecule has 0 bridgehead atoms. The summed E-state index contributed by atoms with van der Waals surface area (Å²) in [4.78, 5) is 49.7. The molecule has 4 amide bonds. The zero-order valence-electron chi connectivity index (χ0n) is 19.0. The van der Waals surface area contributed by atoms with Crippen molar-refractivity contribution < 1.29 is 19.2 Å². The van der Waals surface area contributed by atoms with Crippen molar-refractivity contribution in [3.63, 3.8) is 0 Å². The lowest BCUT2D eigenvalue weighted by molar-refractivity contribution is -0.138. The molecule has 0 spiro atoms. The molecular formula is C22H39N3O4S. The summed E-state index contributed by atoms with van der Waals surface area (Å²) in [5, 5.41) is 5.50. The second-order valence-corrected chi connectivity index (χ2v) is 9.60. The van der Waals surface area contributed by atoms with Gasteiger partial charge in [-0.1, -0.05) is 34.1 Å². The number of thioether (sulfide) groups is 1. The normalized spacial score (nSPS) is 16.6. The molecule has 1 rings (SSSR count). The van der Waals surface area contributed by atoms with E-state index in [1.54, 1.807) is 0 Å². The van der Waals surface area contributed by atoms with Gasteiger partial charge >= 0.3 is 0 Å². The summed E-state index contributed by atoms with van der Waals surface area (Å²) in [6.07, 6.45) is 5.20. The Bertz CT molecular complexity index is 579. The van der Waals surface area contributed by atoms with E-state index < -0.39 is 0 Å². The molecule has 0 aromatic rings. The molecule has 1 saturated heterocycles. The first kappa shape index (κ1) is 26.5. The maximum Gasteiger partial charge on any atom is 0.242 e. The first-order valence-electron chi connectivity index (χ1n) is 11.3. The third-order valence-electron chi connectivity index (χ3n) is 5.19. The van der Waals surface area contributed by atoms with Crippen molar-refractivity contribution in [1.82, 2.24) is 15.5 Å². The first-order valence-corrected chi connectivity index (χ1v) is 12.3. The topological polar surface area (TPSA) is 95.6 Å². The van der Waals surface area contributed by atoms with Crippen molar-refractivity contribution in [3.05, 3.63) is 0 Å². The van der Waals surface area contributed by atoms with Crippen molar-refractivity contribution in [2.24, 2.45) is 5.92 Å². The zero-order chi connectivity index (χ0) is 22.5. The molecular weight excluding hydrogens is 402 g/mol. The number of hydrogen-bond acceptors (Lipinski definition) is 5. The van der Waals surface area contributed by atoms with Crippen LogP contribution in [0, 0.1) is 5.92 Å². The lowest BCUT2D eigenvalue weighted by atomic mass is 10.1. The Kier molecular flexibility index (Phi) is 12.7. The van der Waals surface area contributed by atoms with E-state index in [2.05, 4.69) is 24.5 Å². The molecule has 1 unspecified atom stereocenters. The van der Waals surface area contributed by atoms with E-state index in [1.165, 1.54) is 16.7 Å². The molecule has 1 aliphatic rings. The van der Waals surface area contributed by atoms with Crippen molar-refractivity contribution in [3.8, 4) is 0 Å². The van der Waals surface area contributed by atoms with Gasteiger partial charge in [-0.25, -0.2) is 0 Å². The minimum absolute atomic E-state index is 0.0157. The highest BCUT2D eigenvalue weighted by molar-refractivity contribution is 8.00. The Balaban J connectivity index is 2.22. The first-order chi connectivity index (χ1) is 14.3. The van der Waals surface area contributed by atoms with Gasteiger partial charge in [-0.3, -0.25) is 24.1 Å². The molecule has 0 radical (unpaired) electrons. The summed E-state index contributed by atoms with van der Waals surface area (Å²) >= 11 is 1.39. The quantitative estimate of drug-likeness (QED) is 0.301. The number of imide groups is 1. The highest BCUT2D eigenvalue weighted by atomic mass is 32.2. The average Bonchev–Trinajstić information content (AvgIpc) is 2.97. The largest absolute Gasteiger partial charge is 0.356 e. The number of nitrogens with one attached hydrogen (secondary N) is 2. The highest BCUT2D eigenvalue weighted by Gasteiger charge is 2.38. The third kappa shape index (κ3) is 9.96. The molecule has 0 aliphatic carbocycles. The molecule has 0 saturated carbocycles. The Labute approximate surface area is 185 Å². The minimum Gasteiger partial charge on any atom is -0.356 e. The fourth-order valence-electron chi connectivity index (χ4n) is 3.24. The Morgan fingerprint density at radius 3 is 2.40 bits per heavy atom. The van der Waals surface area contributed by atoms with E-state index in [9.17, 15) is 19.2 Å². The van der Waals surface area contributed by atoms with Crippen LogP contribution in [0.25, 0.3) is 0 Å². The predicted octanol–water partition coefficient (Wildman–Crippen LogP) is 2.87. The van der Waals surface area contributed by atoms with Crippen LogP contribution in [-0.4, -0.2) is 58.7 Å². The fourth-order valence-corrected chi connectivity index (χ4v) is 4.36. The lowest BCUT2D eigenvalue weighted by Gasteiger charge is -2.16. The second kappa shape index (κ2) is 14.4. The maximum atomic E-state index is 12.5. The fraction of sp³-hybridized carbons (Fsp3) is 0.818. The number of carbonyl (C=O) groups excluding carboxylic acids is 4. The predicted molar refractivity (Wildman–Crippen MR) is 121 cm³/mol. The van der Waals surface area contributed by atoms with Crippen LogP contribution in [0.4, 0.5) is 0 Å². The number of hydrogen-bond donors (Lipinski definition) is 2. The molecule has 30 heavy (non-hydrogen) atoms. The zero-order valence-corrected chi connectivity index (χ0v) is 19.8. The third-order valence-corrected chi connectivity index (χ3v) is 6.40. The van der Waals surface area contributed by atoms with Crippen LogP contribution in [0.5, 0.6) is 0 Å². The number of carbonyl (C=O) groups is 4. The minimum atomic E-state index is -0.374. The van der Waals surface area contributed by atoms with Crippen LogP contribution in [0.1, 0.15) is 79.1 Å². The molecule has 0 aromatic heterocycles. The number of amides is 4. The monoisotopic (exact) mass is 441 g/mol. The van der Waals surface area contributed by atoms with Gasteiger partial charge in [0.1, 0.15) is 0 Å². The molecule has 1 heterocycles. The Hall–Kier alpha value is -1.57. The van der Waals surface area contributed by atoms with Gasteiger partial charge in [-0.15, -0.1) is 11.8 Å². The van der Waals surface area contributed by atoms with E-state index >= 15 is 0 Å². The van der Waals surface area contributed by atoms with Crippen molar-refractivity contribution in [2.75, 3.05) is 18.8 Å². The number of likely N-dealkylation sites (tertiary alicyclic amines) is 1. The van der Waals surface area contributed by atoms with Crippen LogP contribution in [0.2, 0.25) is 0 Å². The molecule has 0 aromatic carbocycles. The molecule has 1 aliphatic heterocycles. The summed E-state index contributed by atoms with van der Waals surface area (Å²) < 4.78 is 0. The second-order valence-electron chi connectivity index (χ2n) is 8.29. The van der Waals surface area contributed by atoms with Crippen LogP contribution in [0.3, 0.4) is 0 Å². The Morgan fingerprint density at radius 2 is 1.77 bits per heavy atom. The van der Waals surface area contributed by atoms with Crippen LogP contribution in [-0.2, 0) is 19.2 Å².